The molecule has 0 spiro atoms. The number of rotatable bonds is 3. The van der Waals surface area contributed by atoms with Crippen LogP contribution in [0.3, 0.4) is 0 Å². The Hall–Kier alpha value is -2.04. The average molecular weight is 265 g/mol. The van der Waals surface area contributed by atoms with E-state index in [0.29, 0.717) is 6.54 Å². The van der Waals surface area contributed by atoms with Crippen LogP contribution in [0.4, 0.5) is 0 Å². The van der Waals surface area contributed by atoms with E-state index in [1.807, 2.05) is 26.0 Å². The van der Waals surface area contributed by atoms with Crippen molar-refractivity contribution in [2.24, 2.45) is 0 Å². The summed E-state index contributed by atoms with van der Waals surface area (Å²) in [4.78, 5) is 24.1. The molecule has 1 amide bonds. The van der Waals surface area contributed by atoms with Gasteiger partial charge in [-0.1, -0.05) is 6.07 Å². The fourth-order valence-corrected chi connectivity index (χ4v) is 1.81. The van der Waals surface area contributed by atoms with Gasteiger partial charge in [-0.2, -0.15) is 0 Å². The number of amides is 1. The predicted molar refractivity (Wildman–Crippen MR) is 71.0 cm³/mol. The van der Waals surface area contributed by atoms with Gasteiger partial charge in [0.25, 0.3) is 0 Å². The highest BCUT2D eigenvalue weighted by molar-refractivity contribution is 6.32. The molecule has 1 aromatic carbocycles. The molecule has 0 aromatic heterocycles. The fourth-order valence-electron chi connectivity index (χ4n) is 1.81. The van der Waals surface area contributed by atoms with Gasteiger partial charge in [0, 0.05) is 13.6 Å². The number of nitrogens with zero attached hydrogens (tertiary/aromatic N) is 1. The maximum atomic E-state index is 11.6. The normalized spacial score (nSPS) is 9.95. The number of hydrogen-bond acceptors (Lipinski definition) is 4. The topological polar surface area (TPSA) is 55.8 Å². The van der Waals surface area contributed by atoms with E-state index < -0.39 is 11.9 Å². The van der Waals surface area contributed by atoms with Gasteiger partial charge in [-0.05, 0) is 36.6 Å². The molecular formula is C14H19NO4. The van der Waals surface area contributed by atoms with Crippen molar-refractivity contribution in [3.05, 3.63) is 28.8 Å². The smallest absolute Gasteiger partial charge is 0.396 e. The maximum Gasteiger partial charge on any atom is 0.396 e. The standard InChI is InChI=1S/C14H19NO4/c1-9-10(2)12(18-4)7-6-11(9)8-15(3)13(16)14(17)19-5/h6-7H,8H2,1-5H3. The third kappa shape index (κ3) is 3.24. The van der Waals surface area contributed by atoms with Crippen molar-refractivity contribution in [3.63, 3.8) is 0 Å². The first-order valence-electron chi connectivity index (χ1n) is 5.88. The molecule has 0 radical (unpaired) electrons. The number of ether oxygens (including phenoxy) is 2. The minimum absolute atomic E-state index is 0.352. The van der Waals surface area contributed by atoms with Gasteiger partial charge in [0.1, 0.15) is 5.75 Å². The molecule has 0 N–H and O–H groups in total. The molecule has 0 unspecified atom stereocenters. The van der Waals surface area contributed by atoms with E-state index in [2.05, 4.69) is 4.74 Å². The number of benzene rings is 1. The number of hydrogen-bond donors (Lipinski definition) is 0. The van der Waals surface area contributed by atoms with Crippen LogP contribution in [0, 0.1) is 13.8 Å². The molecule has 0 atom stereocenters. The highest BCUT2D eigenvalue weighted by atomic mass is 16.5. The number of carbonyl (C=O) groups is 2. The Morgan fingerprint density at radius 1 is 1.16 bits per heavy atom. The lowest BCUT2D eigenvalue weighted by atomic mass is 10.0. The summed E-state index contributed by atoms with van der Waals surface area (Å²) in [7, 11) is 4.38. The van der Waals surface area contributed by atoms with Crippen LogP contribution in [0.25, 0.3) is 0 Å². The van der Waals surface area contributed by atoms with Crippen LogP contribution in [-0.4, -0.2) is 38.0 Å². The van der Waals surface area contributed by atoms with Gasteiger partial charge in [-0.3, -0.25) is 4.79 Å². The minimum atomic E-state index is -0.856. The average Bonchev–Trinajstić information content (AvgIpc) is 2.42. The summed E-state index contributed by atoms with van der Waals surface area (Å²) in [6, 6.07) is 3.75. The molecule has 0 aliphatic carbocycles. The molecule has 19 heavy (non-hydrogen) atoms. The second-order valence-electron chi connectivity index (χ2n) is 4.33. The van der Waals surface area contributed by atoms with Crippen LogP contribution in [0.5, 0.6) is 5.75 Å². The third-order valence-electron chi connectivity index (χ3n) is 3.18. The van der Waals surface area contributed by atoms with Crippen LogP contribution >= 0.6 is 0 Å². The van der Waals surface area contributed by atoms with E-state index in [9.17, 15) is 9.59 Å². The summed E-state index contributed by atoms with van der Waals surface area (Å²) < 4.78 is 9.65. The minimum Gasteiger partial charge on any atom is -0.496 e. The van der Waals surface area contributed by atoms with Gasteiger partial charge < -0.3 is 14.4 Å². The van der Waals surface area contributed by atoms with Crippen molar-refractivity contribution in [2.75, 3.05) is 21.3 Å². The zero-order chi connectivity index (χ0) is 14.6. The first-order chi connectivity index (χ1) is 8.92. The number of carbonyl (C=O) groups excluding carboxylic acids is 2. The molecule has 0 heterocycles. The van der Waals surface area contributed by atoms with Crippen molar-refractivity contribution in [1.29, 1.82) is 0 Å². The molecule has 1 aromatic rings. The van der Waals surface area contributed by atoms with Gasteiger partial charge in [0.05, 0.1) is 14.2 Å². The van der Waals surface area contributed by atoms with Crippen LogP contribution in [0.1, 0.15) is 16.7 Å². The molecule has 5 heteroatoms. The van der Waals surface area contributed by atoms with Gasteiger partial charge in [0.15, 0.2) is 0 Å². The molecule has 0 bridgehead atoms. The van der Waals surface area contributed by atoms with E-state index in [4.69, 9.17) is 4.74 Å². The third-order valence-corrected chi connectivity index (χ3v) is 3.18. The lowest BCUT2D eigenvalue weighted by Crippen LogP contribution is -2.33. The Balaban J connectivity index is 2.92. The maximum absolute atomic E-state index is 11.6. The molecule has 0 saturated carbocycles. The lowest BCUT2D eigenvalue weighted by Gasteiger charge is -2.19. The largest absolute Gasteiger partial charge is 0.496 e. The van der Waals surface area contributed by atoms with Crippen molar-refractivity contribution >= 4 is 11.9 Å². The Kier molecular flexibility index (Phi) is 4.92. The molecular weight excluding hydrogens is 246 g/mol. The summed E-state index contributed by atoms with van der Waals surface area (Å²) in [6.45, 7) is 4.27. The fraction of sp³-hybridized carbons (Fsp3) is 0.429. The summed E-state index contributed by atoms with van der Waals surface area (Å²) in [5, 5.41) is 0. The summed E-state index contributed by atoms with van der Waals surface area (Å²) in [5.41, 5.74) is 3.04. The number of likely N-dealkylation sites (N-methyl/N-ethyl adjacent to an activating group) is 1. The van der Waals surface area contributed by atoms with Crippen molar-refractivity contribution in [3.8, 4) is 5.75 Å². The Labute approximate surface area is 113 Å². The second kappa shape index (κ2) is 6.22. The summed E-state index contributed by atoms with van der Waals surface area (Å²) >= 11 is 0. The summed E-state index contributed by atoms with van der Waals surface area (Å²) in [5.74, 6) is -0.705. The first kappa shape index (κ1) is 15.0. The van der Waals surface area contributed by atoms with Crippen molar-refractivity contribution in [2.45, 2.75) is 20.4 Å². The first-order valence-corrected chi connectivity index (χ1v) is 5.88. The van der Waals surface area contributed by atoms with Gasteiger partial charge in [0.2, 0.25) is 0 Å². The Morgan fingerprint density at radius 2 is 1.79 bits per heavy atom. The molecule has 0 aliphatic heterocycles. The van der Waals surface area contributed by atoms with Gasteiger partial charge in [-0.25, -0.2) is 4.79 Å². The van der Waals surface area contributed by atoms with Gasteiger partial charge in [-0.15, -0.1) is 0 Å². The Morgan fingerprint density at radius 3 is 2.32 bits per heavy atom. The second-order valence-corrected chi connectivity index (χ2v) is 4.33. The van der Waals surface area contributed by atoms with E-state index in [1.54, 1.807) is 14.2 Å². The van der Waals surface area contributed by atoms with E-state index in [-0.39, 0.29) is 0 Å². The van der Waals surface area contributed by atoms with E-state index in [0.717, 1.165) is 22.4 Å². The predicted octanol–water partition coefficient (Wildman–Crippen LogP) is 1.44. The van der Waals surface area contributed by atoms with Crippen LogP contribution in [-0.2, 0) is 20.9 Å². The van der Waals surface area contributed by atoms with Crippen molar-refractivity contribution < 1.29 is 19.1 Å². The van der Waals surface area contributed by atoms with E-state index >= 15 is 0 Å². The summed E-state index contributed by atoms with van der Waals surface area (Å²) in [6.07, 6.45) is 0. The monoisotopic (exact) mass is 265 g/mol. The quantitative estimate of drug-likeness (QED) is 0.613. The van der Waals surface area contributed by atoms with Crippen LogP contribution < -0.4 is 4.74 Å². The Bertz CT molecular complexity index is 496. The molecule has 0 aliphatic rings. The molecule has 0 saturated heterocycles. The number of methoxy groups -OCH3 is 2. The zero-order valence-corrected chi connectivity index (χ0v) is 11.9. The van der Waals surface area contributed by atoms with E-state index in [1.165, 1.54) is 12.0 Å². The SMILES string of the molecule is COC(=O)C(=O)N(C)Cc1ccc(OC)c(C)c1C. The van der Waals surface area contributed by atoms with Crippen LogP contribution in [0.2, 0.25) is 0 Å². The highest BCUT2D eigenvalue weighted by Gasteiger charge is 2.20. The number of esters is 1. The molecule has 1 rings (SSSR count). The molecule has 5 nitrogen and oxygen atoms in total. The highest BCUT2D eigenvalue weighted by Crippen LogP contribution is 2.24. The van der Waals surface area contributed by atoms with Crippen LogP contribution in [0.15, 0.2) is 12.1 Å². The van der Waals surface area contributed by atoms with Crippen molar-refractivity contribution in [1.82, 2.24) is 4.90 Å². The molecule has 0 fully saturated rings. The zero-order valence-electron chi connectivity index (χ0n) is 11.9. The van der Waals surface area contributed by atoms with Gasteiger partial charge >= 0.3 is 11.9 Å². The molecule has 104 valence electrons. The lowest BCUT2D eigenvalue weighted by molar-refractivity contribution is -0.157.